The molecule has 3 unspecified atom stereocenters. The molecular formula is C22H25N3O2S. The Labute approximate surface area is 168 Å². The molecule has 2 fully saturated rings. The van der Waals surface area contributed by atoms with Crippen LogP contribution >= 0.6 is 0 Å². The Balaban J connectivity index is 1.37. The average molecular weight is 396 g/mol. The van der Waals surface area contributed by atoms with Crippen LogP contribution in [-0.2, 0) is 36.2 Å². The summed E-state index contributed by atoms with van der Waals surface area (Å²) in [5.41, 5.74) is 4.96. The first kappa shape index (κ1) is 19.3. The summed E-state index contributed by atoms with van der Waals surface area (Å²) in [4.78, 5) is 2.52. The highest BCUT2D eigenvalue weighted by Gasteiger charge is 2.65. The Kier molecular flexibility index (Phi) is 5.35. The minimum atomic E-state index is -1.98. The molecule has 0 bridgehead atoms. The molecule has 0 spiro atoms. The molecule has 1 saturated heterocycles. The third-order valence-electron chi connectivity index (χ3n) is 6.49. The average Bonchev–Trinajstić information content (AvgIpc) is 3.02. The van der Waals surface area contributed by atoms with Crippen molar-refractivity contribution in [1.82, 2.24) is 9.62 Å². The lowest BCUT2D eigenvalue weighted by Crippen LogP contribution is -2.28. The molecule has 146 valence electrons. The summed E-state index contributed by atoms with van der Waals surface area (Å²) in [6, 6.07) is 19.0. The highest BCUT2D eigenvalue weighted by Crippen LogP contribution is 2.63. The van der Waals surface area contributed by atoms with Crippen LogP contribution in [0.3, 0.4) is 0 Å². The maximum atomic E-state index is 10.8. The van der Waals surface area contributed by atoms with E-state index in [2.05, 4.69) is 59.0 Å². The SMILES string of the molecule is CC1(c2cccc(CNS(=O)O)c2)C2CN(Cc3ccc(CC#N)cc3)CC21. The lowest BCUT2D eigenvalue weighted by atomic mass is 9.91. The summed E-state index contributed by atoms with van der Waals surface area (Å²) >= 11 is -1.98. The lowest BCUT2D eigenvalue weighted by molar-refractivity contribution is 0.270. The molecule has 4 rings (SSSR count). The van der Waals surface area contributed by atoms with Gasteiger partial charge >= 0.3 is 0 Å². The van der Waals surface area contributed by atoms with Gasteiger partial charge in [0.1, 0.15) is 0 Å². The number of nitrogens with one attached hydrogen (secondary N) is 1. The second-order valence-electron chi connectivity index (χ2n) is 8.11. The van der Waals surface area contributed by atoms with Crippen molar-refractivity contribution in [2.45, 2.75) is 31.8 Å². The molecule has 1 aliphatic carbocycles. The van der Waals surface area contributed by atoms with Crippen LogP contribution in [0.2, 0.25) is 0 Å². The lowest BCUT2D eigenvalue weighted by Gasteiger charge is -2.25. The predicted octanol–water partition coefficient (Wildman–Crippen LogP) is 3.00. The van der Waals surface area contributed by atoms with E-state index in [1.165, 1.54) is 11.1 Å². The molecule has 1 saturated carbocycles. The Morgan fingerprint density at radius 2 is 1.86 bits per heavy atom. The molecule has 5 nitrogen and oxygen atoms in total. The van der Waals surface area contributed by atoms with E-state index >= 15 is 0 Å². The quantitative estimate of drug-likeness (QED) is 0.707. The van der Waals surface area contributed by atoms with Crippen LogP contribution in [0.1, 0.15) is 29.2 Å². The molecule has 2 aromatic carbocycles. The number of likely N-dealkylation sites (tertiary alicyclic amines) is 1. The largest absolute Gasteiger partial charge is 0.298 e. The van der Waals surface area contributed by atoms with Gasteiger partial charge in [-0.2, -0.15) is 5.26 Å². The molecule has 2 aromatic rings. The van der Waals surface area contributed by atoms with E-state index in [0.29, 0.717) is 24.8 Å². The van der Waals surface area contributed by atoms with Gasteiger partial charge in [0, 0.05) is 31.6 Å². The number of nitrogens with zero attached hydrogens (tertiary/aromatic N) is 2. The van der Waals surface area contributed by atoms with Crippen molar-refractivity contribution in [3.05, 3.63) is 70.8 Å². The maximum Gasteiger partial charge on any atom is 0.232 e. The Morgan fingerprint density at radius 3 is 2.50 bits per heavy atom. The molecule has 0 aromatic heterocycles. The standard InChI is InChI=1S/C22H25N3O2S/c1-22(19-4-2-3-18(11-19)12-24-28(26)27)20-14-25(15-21(20)22)13-17-7-5-16(6-8-17)9-10-23/h2-8,11,20-21,24H,9,12-15H2,1H3,(H,26,27). The van der Waals surface area contributed by atoms with E-state index in [9.17, 15) is 4.21 Å². The number of rotatable bonds is 7. The summed E-state index contributed by atoms with van der Waals surface area (Å²) in [5, 5.41) is 8.78. The monoisotopic (exact) mass is 395 g/mol. The fraction of sp³-hybridized carbons (Fsp3) is 0.409. The number of piperidine rings is 1. The number of hydrogen-bond acceptors (Lipinski definition) is 3. The van der Waals surface area contributed by atoms with Crippen LogP contribution < -0.4 is 4.72 Å². The van der Waals surface area contributed by atoms with Gasteiger partial charge in [-0.3, -0.25) is 9.45 Å². The summed E-state index contributed by atoms with van der Waals surface area (Å²) in [5.74, 6) is 1.33. The number of fused-ring (bicyclic) bond motifs is 1. The van der Waals surface area contributed by atoms with Crippen molar-refractivity contribution < 1.29 is 8.76 Å². The van der Waals surface area contributed by atoms with E-state index in [4.69, 9.17) is 9.81 Å². The molecule has 1 aliphatic heterocycles. The second kappa shape index (κ2) is 7.76. The van der Waals surface area contributed by atoms with Crippen LogP contribution in [0, 0.1) is 23.2 Å². The zero-order valence-corrected chi connectivity index (χ0v) is 16.8. The molecule has 6 heteroatoms. The van der Waals surface area contributed by atoms with E-state index < -0.39 is 11.3 Å². The van der Waals surface area contributed by atoms with Gasteiger partial charge in [0.2, 0.25) is 11.3 Å². The topological polar surface area (TPSA) is 76.4 Å². The van der Waals surface area contributed by atoms with Crippen LogP contribution in [-0.4, -0.2) is 26.8 Å². The van der Waals surface area contributed by atoms with Crippen LogP contribution in [0.4, 0.5) is 0 Å². The van der Waals surface area contributed by atoms with Crippen LogP contribution in [0.5, 0.6) is 0 Å². The van der Waals surface area contributed by atoms with Gasteiger partial charge in [-0.05, 0) is 34.1 Å². The van der Waals surface area contributed by atoms with Crippen LogP contribution in [0.15, 0.2) is 48.5 Å². The third kappa shape index (κ3) is 3.76. The Bertz CT molecular complexity index is 910. The number of nitriles is 1. The molecule has 28 heavy (non-hydrogen) atoms. The fourth-order valence-corrected chi connectivity index (χ4v) is 5.08. The zero-order chi connectivity index (χ0) is 19.7. The molecule has 0 radical (unpaired) electrons. The summed E-state index contributed by atoms with van der Waals surface area (Å²) < 4.78 is 22.3. The van der Waals surface area contributed by atoms with Gasteiger partial charge in [0.05, 0.1) is 12.5 Å². The summed E-state index contributed by atoms with van der Waals surface area (Å²) in [7, 11) is 0. The van der Waals surface area contributed by atoms with E-state index in [1.54, 1.807) is 0 Å². The zero-order valence-electron chi connectivity index (χ0n) is 16.0. The predicted molar refractivity (Wildman–Crippen MR) is 109 cm³/mol. The van der Waals surface area contributed by atoms with E-state index in [-0.39, 0.29) is 5.41 Å². The minimum Gasteiger partial charge on any atom is -0.298 e. The smallest absolute Gasteiger partial charge is 0.232 e. The van der Waals surface area contributed by atoms with Gasteiger partial charge in [-0.15, -0.1) is 0 Å². The first-order valence-corrected chi connectivity index (χ1v) is 10.7. The van der Waals surface area contributed by atoms with Gasteiger partial charge in [0.25, 0.3) is 0 Å². The number of benzene rings is 2. The molecule has 2 N–H and O–H groups in total. The number of hydrogen-bond donors (Lipinski definition) is 2. The van der Waals surface area contributed by atoms with Gasteiger partial charge < -0.3 is 0 Å². The molecular weight excluding hydrogens is 370 g/mol. The van der Waals surface area contributed by atoms with Crippen molar-refractivity contribution in [1.29, 1.82) is 5.26 Å². The molecule has 0 amide bonds. The third-order valence-corrected chi connectivity index (χ3v) is 6.88. The molecule has 1 heterocycles. The highest BCUT2D eigenvalue weighted by molar-refractivity contribution is 7.77. The van der Waals surface area contributed by atoms with Gasteiger partial charge in [0.15, 0.2) is 0 Å². The van der Waals surface area contributed by atoms with E-state index in [1.807, 2.05) is 12.1 Å². The first-order valence-electron chi connectivity index (χ1n) is 9.61. The van der Waals surface area contributed by atoms with Gasteiger partial charge in [-0.1, -0.05) is 55.5 Å². The molecule has 2 aliphatic rings. The van der Waals surface area contributed by atoms with Crippen molar-refractivity contribution in [2.75, 3.05) is 13.1 Å². The normalized spacial score (nSPS) is 27.2. The maximum absolute atomic E-state index is 10.8. The van der Waals surface area contributed by atoms with Crippen molar-refractivity contribution in [3.8, 4) is 6.07 Å². The summed E-state index contributed by atoms with van der Waals surface area (Å²) in [6.45, 7) is 5.92. The van der Waals surface area contributed by atoms with Crippen molar-refractivity contribution in [3.63, 3.8) is 0 Å². The highest BCUT2D eigenvalue weighted by atomic mass is 32.2. The van der Waals surface area contributed by atoms with Crippen molar-refractivity contribution >= 4 is 11.3 Å². The summed E-state index contributed by atoms with van der Waals surface area (Å²) in [6.07, 6.45) is 0.468. The Morgan fingerprint density at radius 1 is 1.18 bits per heavy atom. The van der Waals surface area contributed by atoms with E-state index in [0.717, 1.165) is 30.8 Å². The Hall–Kier alpha value is -2.04. The molecule has 3 atom stereocenters. The van der Waals surface area contributed by atoms with Crippen molar-refractivity contribution in [2.24, 2.45) is 11.8 Å². The second-order valence-corrected chi connectivity index (χ2v) is 8.90. The fourth-order valence-electron chi connectivity index (χ4n) is 4.79. The minimum absolute atomic E-state index is 0.210. The van der Waals surface area contributed by atoms with Crippen LogP contribution in [0.25, 0.3) is 0 Å². The van der Waals surface area contributed by atoms with Gasteiger partial charge in [-0.25, -0.2) is 8.93 Å². The first-order chi connectivity index (χ1) is 13.5.